The Morgan fingerprint density at radius 2 is 2.00 bits per heavy atom. The molecule has 0 aliphatic rings. The maximum Gasteiger partial charge on any atom is 0.146 e. The molecule has 0 atom stereocenters. The van der Waals surface area contributed by atoms with Crippen LogP contribution in [-0.4, -0.2) is 17.1 Å². The van der Waals surface area contributed by atoms with E-state index >= 15 is 0 Å². The van der Waals surface area contributed by atoms with Crippen molar-refractivity contribution in [2.45, 2.75) is 6.61 Å². The van der Waals surface area contributed by atoms with Crippen LogP contribution in [0.1, 0.15) is 5.56 Å². The van der Waals surface area contributed by atoms with Gasteiger partial charge in [0.2, 0.25) is 0 Å². The van der Waals surface area contributed by atoms with Gasteiger partial charge in [-0.3, -0.25) is 0 Å². The number of nitrogens with zero attached hydrogens (tertiary/aromatic N) is 2. The molecule has 0 saturated heterocycles. The molecule has 4 heteroatoms. The second-order valence-corrected chi connectivity index (χ2v) is 3.65. The Bertz CT molecular complexity index is 516. The van der Waals surface area contributed by atoms with Crippen molar-refractivity contribution in [1.82, 2.24) is 4.98 Å². The molecule has 0 spiro atoms. The monoisotopic (exact) mass is 232 g/mol. The van der Waals surface area contributed by atoms with Gasteiger partial charge in [0.25, 0.3) is 0 Å². The number of aromatic nitrogens is 1. The molecule has 0 radical (unpaired) electrons. The largest absolute Gasteiger partial charge is 0.392 e. The molecule has 1 N–H and O–H groups in total. The van der Waals surface area contributed by atoms with E-state index in [4.69, 9.17) is 0 Å². The van der Waals surface area contributed by atoms with E-state index in [0.29, 0.717) is 17.1 Å². The van der Waals surface area contributed by atoms with E-state index in [1.54, 1.807) is 48.5 Å². The Labute approximate surface area is 99.2 Å². The first-order valence-electron chi connectivity index (χ1n) is 5.27. The van der Waals surface area contributed by atoms with Gasteiger partial charge in [-0.05, 0) is 18.2 Å². The first kappa shape index (κ1) is 11.5. The molecular formula is C13H13FN2O. The zero-order valence-electron chi connectivity index (χ0n) is 9.47. The molecule has 1 heterocycles. The molecule has 0 bridgehead atoms. The lowest BCUT2D eigenvalue weighted by Crippen LogP contribution is -2.14. The van der Waals surface area contributed by atoms with E-state index in [2.05, 4.69) is 4.98 Å². The van der Waals surface area contributed by atoms with E-state index in [9.17, 15) is 9.50 Å². The third kappa shape index (κ3) is 2.26. The van der Waals surface area contributed by atoms with Crippen molar-refractivity contribution in [2.24, 2.45) is 0 Å². The number of aliphatic hydroxyl groups is 1. The van der Waals surface area contributed by atoms with Crippen LogP contribution in [0.25, 0.3) is 0 Å². The summed E-state index contributed by atoms with van der Waals surface area (Å²) in [6.07, 6.45) is 1.62. The molecule has 0 aliphatic carbocycles. The van der Waals surface area contributed by atoms with Gasteiger partial charge in [-0.15, -0.1) is 0 Å². The number of anilines is 2. The number of halogens is 1. The molecule has 0 saturated carbocycles. The zero-order chi connectivity index (χ0) is 12.3. The average Bonchev–Trinajstić information content (AvgIpc) is 2.38. The SMILES string of the molecule is CN(c1ccccc1F)c1ncccc1CO. The van der Waals surface area contributed by atoms with Crippen LogP contribution in [0.3, 0.4) is 0 Å². The summed E-state index contributed by atoms with van der Waals surface area (Å²) in [5, 5.41) is 9.22. The van der Waals surface area contributed by atoms with Gasteiger partial charge in [0.1, 0.15) is 11.6 Å². The number of pyridine rings is 1. The van der Waals surface area contributed by atoms with Crippen LogP contribution in [0, 0.1) is 5.82 Å². The molecule has 2 rings (SSSR count). The molecule has 1 aromatic heterocycles. The van der Waals surface area contributed by atoms with E-state index in [1.165, 1.54) is 6.07 Å². The van der Waals surface area contributed by atoms with E-state index in [-0.39, 0.29) is 12.4 Å². The van der Waals surface area contributed by atoms with Gasteiger partial charge in [0.15, 0.2) is 0 Å². The predicted molar refractivity (Wildman–Crippen MR) is 64.6 cm³/mol. The Kier molecular flexibility index (Phi) is 3.35. The molecule has 0 fully saturated rings. The highest BCUT2D eigenvalue weighted by atomic mass is 19.1. The zero-order valence-corrected chi connectivity index (χ0v) is 9.47. The quantitative estimate of drug-likeness (QED) is 0.883. The van der Waals surface area contributed by atoms with Crippen LogP contribution < -0.4 is 4.90 Å². The highest BCUT2D eigenvalue weighted by molar-refractivity contribution is 5.62. The fourth-order valence-corrected chi connectivity index (χ4v) is 1.69. The number of hydrogen-bond donors (Lipinski definition) is 1. The Morgan fingerprint density at radius 3 is 2.71 bits per heavy atom. The third-order valence-electron chi connectivity index (χ3n) is 2.57. The highest BCUT2D eigenvalue weighted by Crippen LogP contribution is 2.26. The second-order valence-electron chi connectivity index (χ2n) is 3.65. The maximum absolute atomic E-state index is 13.6. The molecular weight excluding hydrogens is 219 g/mol. The van der Waals surface area contributed by atoms with Crippen LogP contribution in [-0.2, 0) is 6.61 Å². The summed E-state index contributed by atoms with van der Waals surface area (Å²) in [6.45, 7) is -0.123. The van der Waals surface area contributed by atoms with Gasteiger partial charge in [-0.25, -0.2) is 9.37 Å². The standard InChI is InChI=1S/C13H13FN2O/c1-16(12-7-3-2-6-11(12)14)13-10(9-17)5-4-8-15-13/h2-8,17H,9H2,1H3. The van der Waals surface area contributed by atoms with Crippen molar-refractivity contribution in [3.8, 4) is 0 Å². The predicted octanol–water partition coefficient (Wildman–Crippen LogP) is 2.48. The summed E-state index contributed by atoms with van der Waals surface area (Å²) >= 11 is 0. The van der Waals surface area contributed by atoms with E-state index in [1.807, 2.05) is 0 Å². The molecule has 88 valence electrons. The minimum atomic E-state index is -0.315. The topological polar surface area (TPSA) is 36.4 Å². The van der Waals surface area contributed by atoms with Crippen molar-refractivity contribution in [3.05, 3.63) is 54.0 Å². The summed E-state index contributed by atoms with van der Waals surface area (Å²) in [7, 11) is 1.72. The summed E-state index contributed by atoms with van der Waals surface area (Å²) in [5.74, 6) is 0.240. The van der Waals surface area contributed by atoms with Crippen LogP contribution in [0.15, 0.2) is 42.6 Å². The fraction of sp³-hybridized carbons (Fsp3) is 0.154. The lowest BCUT2D eigenvalue weighted by atomic mass is 10.2. The van der Waals surface area contributed by atoms with Crippen molar-refractivity contribution >= 4 is 11.5 Å². The van der Waals surface area contributed by atoms with Gasteiger partial charge in [-0.2, -0.15) is 0 Å². The number of para-hydroxylation sites is 1. The minimum Gasteiger partial charge on any atom is -0.392 e. The van der Waals surface area contributed by atoms with Crippen LogP contribution in [0.2, 0.25) is 0 Å². The van der Waals surface area contributed by atoms with Gasteiger partial charge in [-0.1, -0.05) is 18.2 Å². The van der Waals surface area contributed by atoms with Crippen LogP contribution in [0.5, 0.6) is 0 Å². The summed E-state index contributed by atoms with van der Waals surface area (Å²) < 4.78 is 13.6. The summed E-state index contributed by atoms with van der Waals surface area (Å²) in [5.41, 5.74) is 1.10. The van der Waals surface area contributed by atoms with Gasteiger partial charge in [0.05, 0.1) is 12.3 Å². The number of rotatable bonds is 3. The van der Waals surface area contributed by atoms with Crippen molar-refractivity contribution in [3.63, 3.8) is 0 Å². The van der Waals surface area contributed by atoms with Crippen molar-refractivity contribution < 1.29 is 9.50 Å². The molecule has 2 aromatic rings. The van der Waals surface area contributed by atoms with Gasteiger partial charge < -0.3 is 10.0 Å². The Morgan fingerprint density at radius 1 is 1.24 bits per heavy atom. The number of benzene rings is 1. The maximum atomic E-state index is 13.6. The third-order valence-corrected chi connectivity index (χ3v) is 2.57. The highest BCUT2D eigenvalue weighted by Gasteiger charge is 2.12. The van der Waals surface area contributed by atoms with Gasteiger partial charge >= 0.3 is 0 Å². The average molecular weight is 232 g/mol. The van der Waals surface area contributed by atoms with Crippen molar-refractivity contribution in [2.75, 3.05) is 11.9 Å². The van der Waals surface area contributed by atoms with E-state index in [0.717, 1.165) is 0 Å². The van der Waals surface area contributed by atoms with E-state index < -0.39 is 0 Å². The summed E-state index contributed by atoms with van der Waals surface area (Å²) in [6, 6.07) is 9.97. The molecule has 1 aromatic carbocycles. The molecule has 0 aliphatic heterocycles. The lowest BCUT2D eigenvalue weighted by molar-refractivity contribution is 0.282. The Balaban J connectivity index is 2.44. The smallest absolute Gasteiger partial charge is 0.146 e. The second kappa shape index (κ2) is 4.93. The normalized spacial score (nSPS) is 10.3. The first-order chi connectivity index (χ1) is 8.24. The number of aliphatic hydroxyl groups excluding tert-OH is 1. The first-order valence-corrected chi connectivity index (χ1v) is 5.27. The Hall–Kier alpha value is -1.94. The number of hydrogen-bond acceptors (Lipinski definition) is 3. The molecule has 3 nitrogen and oxygen atoms in total. The van der Waals surface area contributed by atoms with Crippen LogP contribution in [0.4, 0.5) is 15.9 Å². The fourth-order valence-electron chi connectivity index (χ4n) is 1.69. The summed E-state index contributed by atoms with van der Waals surface area (Å²) in [4.78, 5) is 5.79. The van der Waals surface area contributed by atoms with Gasteiger partial charge in [0, 0.05) is 18.8 Å². The molecule has 0 amide bonds. The van der Waals surface area contributed by atoms with Crippen molar-refractivity contribution in [1.29, 1.82) is 0 Å². The minimum absolute atomic E-state index is 0.123. The molecule has 0 unspecified atom stereocenters. The lowest BCUT2D eigenvalue weighted by Gasteiger charge is -2.20. The molecule has 17 heavy (non-hydrogen) atoms. The van der Waals surface area contributed by atoms with Crippen LogP contribution >= 0.6 is 0 Å².